The number of anilines is 2. The number of nitrogens with zero attached hydrogens (tertiary/aromatic N) is 1. The van der Waals surface area contributed by atoms with Gasteiger partial charge >= 0.3 is 0 Å². The van der Waals surface area contributed by atoms with Crippen LogP contribution >= 0.6 is 31.9 Å². The van der Waals surface area contributed by atoms with Gasteiger partial charge in [0, 0.05) is 8.95 Å². The van der Waals surface area contributed by atoms with Gasteiger partial charge in [-0.15, -0.1) is 0 Å². The molecule has 0 saturated heterocycles. The van der Waals surface area contributed by atoms with Gasteiger partial charge in [0.05, 0.1) is 11.4 Å². The molecule has 9 heteroatoms. The summed E-state index contributed by atoms with van der Waals surface area (Å²) in [5, 5.41) is 6.45. The number of benzene rings is 1. The van der Waals surface area contributed by atoms with Crippen LogP contribution in [0.5, 0.6) is 0 Å². The molecule has 0 atom stereocenters. The summed E-state index contributed by atoms with van der Waals surface area (Å²) < 4.78 is 28.3. The second-order valence-corrected chi connectivity index (χ2v) is 7.61. The molecule has 0 saturated carbocycles. The SMILES string of the molecule is Cc1cc(Br)c(S(=O)(=O)Nc2n[nH]c(C)c2N)cc1Br. The van der Waals surface area contributed by atoms with Gasteiger partial charge in [-0.1, -0.05) is 15.9 Å². The van der Waals surface area contributed by atoms with Gasteiger partial charge in [-0.05, 0) is 47.5 Å². The van der Waals surface area contributed by atoms with Crippen LogP contribution in [-0.2, 0) is 10.0 Å². The number of nitrogen functional groups attached to an aromatic ring is 1. The Labute approximate surface area is 133 Å². The monoisotopic (exact) mass is 422 g/mol. The van der Waals surface area contributed by atoms with Gasteiger partial charge in [-0.3, -0.25) is 9.82 Å². The zero-order valence-electron chi connectivity index (χ0n) is 10.7. The first-order valence-corrected chi connectivity index (χ1v) is 8.58. The third-order valence-electron chi connectivity index (χ3n) is 2.73. The van der Waals surface area contributed by atoms with E-state index in [9.17, 15) is 8.42 Å². The molecule has 0 fully saturated rings. The summed E-state index contributed by atoms with van der Waals surface area (Å²) in [6.07, 6.45) is 0. The molecule has 108 valence electrons. The lowest BCUT2D eigenvalue weighted by atomic mass is 10.2. The third-order valence-corrected chi connectivity index (χ3v) is 5.88. The number of sulfonamides is 1. The van der Waals surface area contributed by atoms with Gasteiger partial charge in [0.15, 0.2) is 5.82 Å². The lowest BCUT2D eigenvalue weighted by molar-refractivity contribution is 0.600. The maximum Gasteiger partial charge on any atom is 0.264 e. The van der Waals surface area contributed by atoms with Crippen LogP contribution in [0.15, 0.2) is 26.0 Å². The van der Waals surface area contributed by atoms with Crippen LogP contribution in [0.1, 0.15) is 11.3 Å². The summed E-state index contributed by atoms with van der Waals surface area (Å²) in [6.45, 7) is 3.58. The van der Waals surface area contributed by atoms with Crippen LogP contribution in [0.25, 0.3) is 0 Å². The summed E-state index contributed by atoms with van der Waals surface area (Å²) in [5.41, 5.74) is 7.54. The number of aryl methyl sites for hydroxylation is 2. The number of H-pyrrole nitrogens is 1. The molecular formula is C11H12Br2N4O2S. The molecule has 0 aliphatic carbocycles. The van der Waals surface area contributed by atoms with Crippen LogP contribution in [0.2, 0.25) is 0 Å². The van der Waals surface area contributed by atoms with Crippen molar-refractivity contribution in [3.63, 3.8) is 0 Å². The van der Waals surface area contributed by atoms with Gasteiger partial charge in [0.1, 0.15) is 4.90 Å². The molecule has 0 amide bonds. The summed E-state index contributed by atoms with van der Waals surface area (Å²) >= 11 is 6.57. The zero-order valence-corrected chi connectivity index (χ0v) is 14.6. The summed E-state index contributed by atoms with van der Waals surface area (Å²) in [4.78, 5) is 0.107. The van der Waals surface area contributed by atoms with E-state index in [0.717, 1.165) is 5.56 Å². The van der Waals surface area contributed by atoms with Crippen molar-refractivity contribution in [3.8, 4) is 0 Å². The van der Waals surface area contributed by atoms with Crippen molar-refractivity contribution in [2.45, 2.75) is 18.7 Å². The predicted octanol–water partition coefficient (Wildman–Crippen LogP) is 2.93. The van der Waals surface area contributed by atoms with Gasteiger partial charge < -0.3 is 5.73 Å². The number of hydrogen-bond donors (Lipinski definition) is 3. The average Bonchev–Trinajstić information content (AvgIpc) is 2.65. The van der Waals surface area contributed by atoms with Crippen molar-refractivity contribution < 1.29 is 8.42 Å². The molecule has 1 aromatic heterocycles. The van der Waals surface area contributed by atoms with E-state index in [1.54, 1.807) is 13.0 Å². The van der Waals surface area contributed by atoms with E-state index >= 15 is 0 Å². The zero-order chi connectivity index (χ0) is 15.1. The fraction of sp³-hybridized carbons (Fsp3) is 0.182. The molecule has 0 unspecified atom stereocenters. The summed E-state index contributed by atoms with van der Waals surface area (Å²) in [6, 6.07) is 3.25. The number of hydrogen-bond acceptors (Lipinski definition) is 4. The third kappa shape index (κ3) is 2.84. The largest absolute Gasteiger partial charge is 0.394 e. The van der Waals surface area contributed by atoms with E-state index in [2.05, 4.69) is 46.8 Å². The minimum atomic E-state index is -3.78. The molecule has 2 aromatic rings. The molecule has 0 aliphatic rings. The van der Waals surface area contributed by atoms with Crippen LogP contribution in [0.3, 0.4) is 0 Å². The molecular weight excluding hydrogens is 412 g/mol. The maximum absolute atomic E-state index is 12.4. The lowest BCUT2D eigenvalue weighted by Crippen LogP contribution is -2.15. The minimum absolute atomic E-state index is 0.0890. The molecule has 6 nitrogen and oxygen atoms in total. The molecule has 0 spiro atoms. The summed E-state index contributed by atoms with van der Waals surface area (Å²) in [5.74, 6) is 0.0890. The van der Waals surface area contributed by atoms with E-state index in [1.807, 2.05) is 6.92 Å². The van der Waals surface area contributed by atoms with E-state index in [-0.39, 0.29) is 16.4 Å². The molecule has 20 heavy (non-hydrogen) atoms. The fourth-order valence-corrected chi connectivity index (χ4v) is 4.23. The van der Waals surface area contributed by atoms with Crippen LogP contribution in [0.4, 0.5) is 11.5 Å². The molecule has 0 radical (unpaired) electrons. The number of nitrogens with one attached hydrogen (secondary N) is 2. The van der Waals surface area contributed by atoms with E-state index < -0.39 is 10.0 Å². The Balaban J connectivity index is 2.46. The second-order valence-electron chi connectivity index (χ2n) is 4.25. The smallest absolute Gasteiger partial charge is 0.264 e. The van der Waals surface area contributed by atoms with E-state index in [4.69, 9.17) is 5.73 Å². The van der Waals surface area contributed by atoms with E-state index in [1.165, 1.54) is 6.07 Å². The molecule has 1 heterocycles. The predicted molar refractivity (Wildman–Crippen MR) is 85.1 cm³/mol. The Bertz CT molecular complexity index is 771. The second kappa shape index (κ2) is 5.38. The minimum Gasteiger partial charge on any atom is -0.394 e. The molecule has 2 rings (SSSR count). The number of halogens is 2. The highest BCUT2D eigenvalue weighted by molar-refractivity contribution is 9.11. The number of rotatable bonds is 3. The van der Waals surface area contributed by atoms with Crippen molar-refractivity contribution in [2.75, 3.05) is 10.5 Å². The average molecular weight is 424 g/mol. The van der Waals surface area contributed by atoms with Gasteiger partial charge in [-0.2, -0.15) is 5.10 Å². The lowest BCUT2D eigenvalue weighted by Gasteiger charge is -2.10. The molecule has 4 N–H and O–H groups in total. The highest BCUT2D eigenvalue weighted by Crippen LogP contribution is 2.30. The first-order chi connectivity index (χ1) is 9.22. The standard InChI is InChI=1S/C11H12Br2N4O2S/c1-5-3-8(13)9(4-7(5)12)20(18,19)17-11-10(14)6(2)15-16-11/h3-4H,14H2,1-2H3,(H2,15,16,17). The molecule has 0 aliphatic heterocycles. The van der Waals surface area contributed by atoms with Crippen molar-refractivity contribution in [1.82, 2.24) is 10.2 Å². The Morgan fingerprint density at radius 2 is 1.90 bits per heavy atom. The van der Waals surface area contributed by atoms with Crippen molar-refractivity contribution in [1.29, 1.82) is 0 Å². The Kier molecular flexibility index (Phi) is 4.12. The quantitative estimate of drug-likeness (QED) is 0.706. The molecule has 0 bridgehead atoms. The molecule has 1 aromatic carbocycles. The highest BCUT2D eigenvalue weighted by Gasteiger charge is 2.21. The number of aromatic amines is 1. The number of nitrogens with two attached hydrogens (primary N) is 1. The van der Waals surface area contributed by atoms with Gasteiger partial charge in [-0.25, -0.2) is 8.42 Å². The first kappa shape index (κ1) is 15.3. The summed E-state index contributed by atoms with van der Waals surface area (Å²) in [7, 11) is -3.78. The normalized spacial score (nSPS) is 11.6. The Morgan fingerprint density at radius 1 is 1.25 bits per heavy atom. The first-order valence-electron chi connectivity index (χ1n) is 5.51. The highest BCUT2D eigenvalue weighted by atomic mass is 79.9. The van der Waals surface area contributed by atoms with Crippen LogP contribution < -0.4 is 10.5 Å². The van der Waals surface area contributed by atoms with Gasteiger partial charge in [0.25, 0.3) is 10.0 Å². The fourth-order valence-electron chi connectivity index (χ4n) is 1.53. The van der Waals surface area contributed by atoms with Crippen LogP contribution in [-0.4, -0.2) is 18.6 Å². The van der Waals surface area contributed by atoms with Crippen molar-refractivity contribution in [2.24, 2.45) is 0 Å². The Hall–Kier alpha value is -1.06. The topological polar surface area (TPSA) is 101 Å². The maximum atomic E-state index is 12.4. The van der Waals surface area contributed by atoms with Crippen molar-refractivity contribution in [3.05, 3.63) is 32.3 Å². The van der Waals surface area contributed by atoms with Crippen molar-refractivity contribution >= 4 is 53.4 Å². The number of aromatic nitrogens is 2. The Morgan fingerprint density at radius 3 is 2.45 bits per heavy atom. The van der Waals surface area contributed by atoms with Crippen LogP contribution in [0, 0.1) is 13.8 Å². The van der Waals surface area contributed by atoms with Gasteiger partial charge in [0.2, 0.25) is 0 Å². The van der Waals surface area contributed by atoms with E-state index in [0.29, 0.717) is 14.6 Å².